The van der Waals surface area contributed by atoms with Crippen LogP contribution in [0.4, 0.5) is 13.2 Å². The number of carbonyl (C=O) groups is 1. The number of para-hydroxylation sites is 1. The quantitative estimate of drug-likeness (QED) is 0.361. The smallest absolute Gasteiger partial charge is 0.352 e. The Morgan fingerprint density at radius 2 is 1.62 bits per heavy atom. The Hall–Kier alpha value is -3.25. The molecule has 1 aromatic heterocycles. The molecule has 4 rings (SSSR count). The van der Waals surface area contributed by atoms with E-state index in [9.17, 15) is 18.0 Å². The predicted octanol–water partition coefficient (Wildman–Crippen LogP) is 6.33. The van der Waals surface area contributed by atoms with Crippen LogP contribution in [0.1, 0.15) is 27.0 Å². The van der Waals surface area contributed by atoms with Gasteiger partial charge in [-0.2, -0.15) is 13.2 Å². The van der Waals surface area contributed by atoms with Crippen LogP contribution in [0.25, 0.3) is 10.9 Å². The number of carbonyl (C=O) groups excluding carboxylic acids is 1. The number of nitrogens with one attached hydrogen (secondary N) is 1. The number of hydrogen-bond acceptors (Lipinski definition) is 1. The van der Waals surface area contributed by atoms with Gasteiger partial charge in [-0.25, -0.2) is 0 Å². The molecule has 0 saturated carbocycles. The molecule has 3 nitrogen and oxygen atoms in total. The molecule has 4 aromatic rings. The number of aromatic nitrogens is 1. The van der Waals surface area contributed by atoms with E-state index in [4.69, 9.17) is 11.6 Å². The number of benzene rings is 3. The first kappa shape index (κ1) is 22.0. The average molecular weight is 457 g/mol. The maximum absolute atomic E-state index is 13.2. The molecule has 1 amide bonds. The van der Waals surface area contributed by atoms with Crippen molar-refractivity contribution in [2.75, 3.05) is 6.54 Å². The van der Waals surface area contributed by atoms with E-state index in [0.29, 0.717) is 18.0 Å². The zero-order chi connectivity index (χ0) is 22.7. The van der Waals surface area contributed by atoms with Crippen molar-refractivity contribution in [2.24, 2.45) is 0 Å². The van der Waals surface area contributed by atoms with Crippen molar-refractivity contribution < 1.29 is 18.0 Å². The van der Waals surface area contributed by atoms with Crippen LogP contribution < -0.4 is 5.32 Å². The Labute approximate surface area is 188 Å². The summed E-state index contributed by atoms with van der Waals surface area (Å²) in [6.45, 7) is 0.878. The second kappa shape index (κ2) is 9.09. The topological polar surface area (TPSA) is 34.0 Å². The number of amides is 1. The molecular formula is C25H20ClF3N2O. The lowest BCUT2D eigenvalue weighted by Gasteiger charge is -2.12. The van der Waals surface area contributed by atoms with Crippen LogP contribution in [0.5, 0.6) is 0 Å². The van der Waals surface area contributed by atoms with Crippen LogP contribution in [-0.2, 0) is 19.1 Å². The summed E-state index contributed by atoms with van der Waals surface area (Å²) in [7, 11) is 0. The van der Waals surface area contributed by atoms with E-state index >= 15 is 0 Å². The molecule has 0 aliphatic rings. The summed E-state index contributed by atoms with van der Waals surface area (Å²) >= 11 is 5.97. The van der Waals surface area contributed by atoms with Crippen molar-refractivity contribution in [3.63, 3.8) is 0 Å². The first-order valence-electron chi connectivity index (χ1n) is 10.1. The molecule has 0 spiro atoms. The number of hydrogen-bond donors (Lipinski definition) is 1. The van der Waals surface area contributed by atoms with Gasteiger partial charge in [0, 0.05) is 35.2 Å². The first-order chi connectivity index (χ1) is 15.3. The highest BCUT2D eigenvalue weighted by molar-refractivity contribution is 6.30. The van der Waals surface area contributed by atoms with Gasteiger partial charge in [0.05, 0.1) is 11.1 Å². The number of alkyl halides is 3. The third kappa shape index (κ3) is 4.81. The highest BCUT2D eigenvalue weighted by Crippen LogP contribution is 2.31. The van der Waals surface area contributed by atoms with Gasteiger partial charge < -0.3 is 9.88 Å². The van der Waals surface area contributed by atoms with E-state index < -0.39 is 17.6 Å². The summed E-state index contributed by atoms with van der Waals surface area (Å²) in [6, 6.07) is 20.4. The minimum Gasteiger partial charge on any atom is -0.352 e. The summed E-state index contributed by atoms with van der Waals surface area (Å²) in [6.07, 6.45) is -2.06. The van der Waals surface area contributed by atoms with Crippen LogP contribution >= 0.6 is 11.6 Å². The third-order valence-corrected chi connectivity index (χ3v) is 5.55. The van der Waals surface area contributed by atoms with Gasteiger partial charge in [-0.05, 0) is 47.9 Å². The van der Waals surface area contributed by atoms with Crippen molar-refractivity contribution >= 4 is 28.4 Å². The molecule has 0 unspecified atom stereocenters. The fraction of sp³-hybridized carbons (Fsp3) is 0.160. The normalized spacial score (nSPS) is 11.6. The zero-order valence-electron chi connectivity index (χ0n) is 17.0. The molecule has 1 heterocycles. The maximum atomic E-state index is 13.2. The van der Waals surface area contributed by atoms with E-state index in [2.05, 4.69) is 9.88 Å². The van der Waals surface area contributed by atoms with Crippen LogP contribution in [0.2, 0.25) is 5.02 Å². The lowest BCUT2D eigenvalue weighted by molar-refractivity contribution is -0.137. The van der Waals surface area contributed by atoms with Crippen LogP contribution in [0.3, 0.4) is 0 Å². The van der Waals surface area contributed by atoms with E-state index in [0.717, 1.165) is 28.1 Å². The predicted molar refractivity (Wildman–Crippen MR) is 120 cm³/mol. The monoisotopic (exact) mass is 456 g/mol. The van der Waals surface area contributed by atoms with Crippen molar-refractivity contribution in [3.8, 4) is 0 Å². The van der Waals surface area contributed by atoms with E-state index in [1.807, 2.05) is 54.7 Å². The lowest BCUT2D eigenvalue weighted by atomic mass is 10.1. The molecule has 164 valence electrons. The molecule has 0 radical (unpaired) electrons. The van der Waals surface area contributed by atoms with Crippen molar-refractivity contribution in [1.82, 2.24) is 9.88 Å². The van der Waals surface area contributed by atoms with E-state index in [1.54, 1.807) is 0 Å². The first-order valence-corrected chi connectivity index (χ1v) is 10.5. The van der Waals surface area contributed by atoms with Gasteiger partial charge >= 0.3 is 6.18 Å². The number of halogens is 4. The molecule has 0 bridgehead atoms. The molecule has 3 aromatic carbocycles. The molecule has 32 heavy (non-hydrogen) atoms. The van der Waals surface area contributed by atoms with Gasteiger partial charge in [0.1, 0.15) is 0 Å². The minimum atomic E-state index is -4.58. The number of rotatable bonds is 6. The van der Waals surface area contributed by atoms with E-state index in [-0.39, 0.29) is 12.1 Å². The maximum Gasteiger partial charge on any atom is 0.417 e. The summed E-state index contributed by atoms with van der Waals surface area (Å²) in [5, 5.41) is 4.35. The third-order valence-electron chi connectivity index (χ3n) is 5.29. The van der Waals surface area contributed by atoms with Crippen molar-refractivity contribution in [1.29, 1.82) is 0 Å². The largest absolute Gasteiger partial charge is 0.417 e. The SMILES string of the molecule is O=C(NCCc1cn(Cc2ccc(Cl)cc2)c2ccccc12)c1ccccc1C(F)(F)F. The molecule has 1 N–H and O–H groups in total. The number of nitrogens with zero attached hydrogens (tertiary/aromatic N) is 1. The molecule has 0 atom stereocenters. The summed E-state index contributed by atoms with van der Waals surface area (Å²) in [5.74, 6) is -0.733. The Morgan fingerprint density at radius 1 is 0.938 bits per heavy atom. The molecule has 0 fully saturated rings. The van der Waals surface area contributed by atoms with Crippen LogP contribution in [0, 0.1) is 0 Å². The van der Waals surface area contributed by atoms with Gasteiger partial charge in [0.15, 0.2) is 0 Å². The van der Waals surface area contributed by atoms with Gasteiger partial charge in [-0.3, -0.25) is 4.79 Å². The molecule has 0 saturated heterocycles. The molecular weight excluding hydrogens is 437 g/mol. The summed E-state index contributed by atoms with van der Waals surface area (Å²) in [5.41, 5.74) is 1.85. The Balaban J connectivity index is 1.50. The van der Waals surface area contributed by atoms with Crippen LogP contribution in [-0.4, -0.2) is 17.0 Å². The minimum absolute atomic E-state index is 0.222. The zero-order valence-corrected chi connectivity index (χ0v) is 17.8. The van der Waals surface area contributed by atoms with E-state index in [1.165, 1.54) is 18.2 Å². The highest BCUT2D eigenvalue weighted by atomic mass is 35.5. The fourth-order valence-electron chi connectivity index (χ4n) is 3.77. The number of fused-ring (bicyclic) bond motifs is 1. The molecule has 7 heteroatoms. The summed E-state index contributed by atoms with van der Waals surface area (Å²) in [4.78, 5) is 12.4. The second-order valence-corrected chi connectivity index (χ2v) is 7.91. The van der Waals surface area contributed by atoms with Gasteiger partial charge in [0.25, 0.3) is 5.91 Å². The summed E-state index contributed by atoms with van der Waals surface area (Å²) < 4.78 is 41.7. The highest BCUT2D eigenvalue weighted by Gasteiger charge is 2.34. The van der Waals surface area contributed by atoms with Crippen molar-refractivity contribution in [2.45, 2.75) is 19.1 Å². The fourth-order valence-corrected chi connectivity index (χ4v) is 3.90. The van der Waals surface area contributed by atoms with Gasteiger partial charge in [0.2, 0.25) is 0 Å². The van der Waals surface area contributed by atoms with Gasteiger partial charge in [-0.15, -0.1) is 0 Å². The van der Waals surface area contributed by atoms with Gasteiger partial charge in [-0.1, -0.05) is 54.1 Å². The van der Waals surface area contributed by atoms with Crippen LogP contribution in [0.15, 0.2) is 79.0 Å². The molecule has 0 aliphatic heterocycles. The van der Waals surface area contributed by atoms with Crippen molar-refractivity contribution in [3.05, 3.63) is 106 Å². The second-order valence-electron chi connectivity index (χ2n) is 7.48. The molecule has 0 aliphatic carbocycles. The Kier molecular flexibility index (Phi) is 6.24. The average Bonchev–Trinajstić information content (AvgIpc) is 3.12. The Bertz CT molecular complexity index is 1250. The standard InChI is InChI=1S/C25H20ClF3N2O/c26-19-11-9-17(10-12-19)15-31-16-18(20-5-2-4-8-23(20)31)13-14-30-24(32)21-6-1-3-7-22(21)25(27,28)29/h1-12,16H,13-15H2,(H,30,32). The lowest BCUT2D eigenvalue weighted by Crippen LogP contribution is -2.28. The Morgan fingerprint density at radius 3 is 2.38 bits per heavy atom.